The third-order valence-corrected chi connectivity index (χ3v) is 8.39. The summed E-state index contributed by atoms with van der Waals surface area (Å²) in [7, 11) is 2.87. The van der Waals surface area contributed by atoms with Crippen molar-refractivity contribution in [2.45, 2.75) is 92.8 Å². The number of carbonyl (C=O) groups excluding carboxylic acids is 3. The van der Waals surface area contributed by atoms with Crippen molar-refractivity contribution in [2.24, 2.45) is 16.2 Å². The smallest absolute Gasteiger partial charge is 0.311 e. The van der Waals surface area contributed by atoms with Crippen LogP contribution in [0.2, 0.25) is 0 Å². The SMILES string of the molecule is COc1ccc(-c2coc3c([C@@H]4O[C@H](CO[N+](=O)[O-])[C@@H](OC(=O)C(C)(C)C)[C@H](OC(=O)C(C)(C)C)[C@H]4OC(=O)C(C)(C)C)c(OC)ccc3c2=O)cc1. The molecule has 1 aliphatic heterocycles. The van der Waals surface area contributed by atoms with Gasteiger partial charge in [-0.1, -0.05) is 12.1 Å². The Morgan fingerprint density at radius 1 is 0.755 bits per heavy atom. The van der Waals surface area contributed by atoms with Gasteiger partial charge < -0.3 is 37.7 Å². The highest BCUT2D eigenvalue weighted by atomic mass is 17.0. The van der Waals surface area contributed by atoms with E-state index in [0.29, 0.717) is 11.3 Å². The number of hydrogen-bond acceptors (Lipinski definition) is 14. The van der Waals surface area contributed by atoms with Gasteiger partial charge in [-0.2, -0.15) is 0 Å². The average molecular weight is 742 g/mol. The minimum absolute atomic E-state index is 0.0339. The molecule has 1 saturated heterocycles. The number of methoxy groups -OCH3 is 2. The van der Waals surface area contributed by atoms with Crippen molar-refractivity contribution in [1.82, 2.24) is 0 Å². The molecule has 1 fully saturated rings. The maximum Gasteiger partial charge on any atom is 0.311 e. The van der Waals surface area contributed by atoms with Gasteiger partial charge in [0.25, 0.3) is 5.09 Å². The fourth-order valence-corrected chi connectivity index (χ4v) is 5.34. The molecular formula is C38H47NO14. The number of benzene rings is 2. The molecular weight excluding hydrogens is 694 g/mol. The van der Waals surface area contributed by atoms with Crippen molar-refractivity contribution >= 4 is 28.9 Å². The lowest BCUT2D eigenvalue weighted by Gasteiger charge is -2.46. The van der Waals surface area contributed by atoms with Crippen LogP contribution < -0.4 is 14.9 Å². The molecule has 1 aliphatic rings. The lowest BCUT2D eigenvalue weighted by Crippen LogP contribution is -2.61. The molecule has 2 aromatic carbocycles. The van der Waals surface area contributed by atoms with Gasteiger partial charge in [-0.05, 0) is 92.1 Å². The minimum atomic E-state index is -1.62. The Kier molecular flexibility index (Phi) is 11.8. The molecule has 5 atom stereocenters. The normalized spacial score (nSPS) is 20.6. The van der Waals surface area contributed by atoms with Gasteiger partial charge >= 0.3 is 17.9 Å². The van der Waals surface area contributed by atoms with E-state index in [4.69, 9.17) is 37.7 Å². The van der Waals surface area contributed by atoms with Crippen LogP contribution in [-0.4, -0.2) is 68.2 Å². The molecule has 0 amide bonds. The van der Waals surface area contributed by atoms with Crippen LogP contribution >= 0.6 is 0 Å². The first-order valence-corrected chi connectivity index (χ1v) is 16.9. The van der Waals surface area contributed by atoms with Crippen LogP contribution in [0.1, 0.15) is 74.0 Å². The van der Waals surface area contributed by atoms with E-state index >= 15 is 0 Å². The van der Waals surface area contributed by atoms with Gasteiger partial charge in [-0.15, -0.1) is 10.1 Å². The van der Waals surface area contributed by atoms with Gasteiger partial charge in [0.2, 0.25) is 5.43 Å². The Morgan fingerprint density at radius 3 is 1.77 bits per heavy atom. The summed E-state index contributed by atoms with van der Waals surface area (Å²) in [5.41, 5.74) is -2.95. The van der Waals surface area contributed by atoms with Crippen LogP contribution in [0.3, 0.4) is 0 Å². The van der Waals surface area contributed by atoms with Crippen LogP contribution in [0.15, 0.2) is 51.9 Å². The van der Waals surface area contributed by atoms with Crippen molar-refractivity contribution in [2.75, 3.05) is 20.8 Å². The summed E-state index contributed by atoms with van der Waals surface area (Å²) in [6.07, 6.45) is -6.54. The van der Waals surface area contributed by atoms with Crippen LogP contribution in [0.5, 0.6) is 11.5 Å². The number of hydrogen-bond donors (Lipinski definition) is 0. The summed E-state index contributed by atoms with van der Waals surface area (Å²) in [5, 5.41) is 10.5. The van der Waals surface area contributed by atoms with E-state index in [9.17, 15) is 29.3 Å². The highest BCUT2D eigenvalue weighted by Gasteiger charge is 2.55. The van der Waals surface area contributed by atoms with Crippen LogP contribution in [0, 0.1) is 26.4 Å². The molecule has 0 spiro atoms. The standard InChI is InChI=1S/C38H47NO14/c1-36(2,3)33(41)51-29-25(19-49-39(44)45)50-30(32(53-35(43)38(7,8)9)31(29)52-34(42)37(4,5)6)26-24(47-11)17-16-22-27(40)23(18-48-28(22)26)20-12-14-21(46-10)15-13-20/h12-18,25,29-32H,19H2,1-11H3/t25-,29-,30+,31+,32+/m1/s1. The largest absolute Gasteiger partial charge is 0.497 e. The zero-order valence-electron chi connectivity index (χ0n) is 31.8. The number of ether oxygens (including phenoxy) is 6. The van der Waals surface area contributed by atoms with Crippen LogP contribution in [0.4, 0.5) is 0 Å². The van der Waals surface area contributed by atoms with Gasteiger partial charge in [0.1, 0.15) is 42.2 Å². The van der Waals surface area contributed by atoms with Gasteiger partial charge in [0.05, 0.1) is 47.0 Å². The topological polar surface area (TPSA) is 189 Å². The first-order valence-electron chi connectivity index (χ1n) is 16.9. The Hall–Kier alpha value is -5.18. The molecule has 288 valence electrons. The Balaban J connectivity index is 2.03. The van der Waals surface area contributed by atoms with E-state index in [1.54, 1.807) is 86.6 Å². The summed E-state index contributed by atoms with van der Waals surface area (Å²) in [5.74, 6) is -1.60. The number of rotatable bonds is 10. The molecule has 53 heavy (non-hydrogen) atoms. The number of fused-ring (bicyclic) bond motifs is 1. The zero-order valence-corrected chi connectivity index (χ0v) is 31.8. The highest BCUT2D eigenvalue weighted by molar-refractivity contribution is 5.86. The quantitative estimate of drug-likeness (QED) is 0.102. The molecule has 0 saturated carbocycles. The third kappa shape index (κ3) is 9.07. The number of nitrogens with zero attached hydrogens (tertiary/aromatic N) is 1. The van der Waals surface area contributed by atoms with E-state index in [0.717, 1.165) is 0 Å². The molecule has 1 aromatic heterocycles. The molecule has 0 bridgehead atoms. The van der Waals surface area contributed by atoms with Crippen molar-refractivity contribution in [3.05, 3.63) is 68.6 Å². The molecule has 4 rings (SSSR count). The lowest BCUT2D eigenvalue weighted by atomic mass is 9.87. The fraction of sp³-hybridized carbons (Fsp3) is 0.526. The second-order valence-corrected chi connectivity index (χ2v) is 15.7. The number of esters is 3. The van der Waals surface area contributed by atoms with Gasteiger partial charge in [-0.3, -0.25) is 19.2 Å². The summed E-state index contributed by atoms with van der Waals surface area (Å²) in [6, 6.07) is 9.76. The fourth-order valence-electron chi connectivity index (χ4n) is 5.34. The van der Waals surface area contributed by atoms with Crippen molar-refractivity contribution in [3.63, 3.8) is 0 Å². The highest BCUT2D eigenvalue weighted by Crippen LogP contribution is 2.45. The molecule has 15 nitrogen and oxygen atoms in total. The monoisotopic (exact) mass is 741 g/mol. The van der Waals surface area contributed by atoms with Crippen LogP contribution in [-0.2, 0) is 38.2 Å². The van der Waals surface area contributed by atoms with E-state index in [-0.39, 0.29) is 27.8 Å². The minimum Gasteiger partial charge on any atom is -0.497 e. The molecule has 2 heterocycles. The molecule has 0 aliphatic carbocycles. The molecule has 3 aromatic rings. The second kappa shape index (κ2) is 15.4. The van der Waals surface area contributed by atoms with E-state index in [1.807, 2.05) is 0 Å². The lowest BCUT2D eigenvalue weighted by molar-refractivity contribution is -0.760. The zero-order chi connectivity index (χ0) is 39.6. The Bertz CT molecular complexity index is 1900. The first-order chi connectivity index (χ1) is 24.6. The van der Waals surface area contributed by atoms with Crippen LogP contribution in [0.25, 0.3) is 22.1 Å². The Labute approximate surface area is 306 Å². The number of carbonyl (C=O) groups is 3. The van der Waals surface area contributed by atoms with Crippen molar-refractivity contribution in [3.8, 4) is 22.6 Å². The maximum absolute atomic E-state index is 14.1. The second-order valence-electron chi connectivity index (χ2n) is 15.7. The summed E-state index contributed by atoms with van der Waals surface area (Å²) in [4.78, 5) is 71.0. The van der Waals surface area contributed by atoms with Gasteiger partial charge in [0.15, 0.2) is 18.3 Å². The molecule has 0 N–H and O–H groups in total. The summed E-state index contributed by atoms with van der Waals surface area (Å²) < 4.78 is 41.7. The molecule has 15 heteroatoms. The predicted molar refractivity (Wildman–Crippen MR) is 190 cm³/mol. The van der Waals surface area contributed by atoms with Crippen molar-refractivity contribution in [1.29, 1.82) is 0 Å². The van der Waals surface area contributed by atoms with E-state index < -0.39 is 81.8 Å². The molecule has 0 radical (unpaired) electrons. The predicted octanol–water partition coefficient (Wildman–Crippen LogP) is 6.00. The van der Waals surface area contributed by atoms with E-state index in [2.05, 4.69) is 0 Å². The molecule has 0 unspecified atom stereocenters. The van der Waals surface area contributed by atoms with Gasteiger partial charge in [0, 0.05) is 0 Å². The summed E-state index contributed by atoms with van der Waals surface area (Å²) in [6.45, 7) is 13.5. The first kappa shape index (κ1) is 40.6. The Morgan fingerprint density at radius 2 is 1.28 bits per heavy atom. The van der Waals surface area contributed by atoms with E-state index in [1.165, 1.54) is 32.6 Å². The third-order valence-electron chi connectivity index (χ3n) is 8.39. The van der Waals surface area contributed by atoms with Crippen molar-refractivity contribution < 1.29 is 57.1 Å². The average Bonchev–Trinajstić information content (AvgIpc) is 3.07. The maximum atomic E-state index is 14.1. The van der Waals surface area contributed by atoms with Gasteiger partial charge in [-0.25, -0.2) is 0 Å². The summed E-state index contributed by atoms with van der Waals surface area (Å²) >= 11 is 0.